The fourth-order valence-electron chi connectivity index (χ4n) is 3.04. The topological polar surface area (TPSA) is 44.8 Å². The van der Waals surface area contributed by atoms with Gasteiger partial charge in [0, 0.05) is 43.5 Å². The van der Waals surface area contributed by atoms with Gasteiger partial charge >= 0.3 is 0 Å². The van der Waals surface area contributed by atoms with Gasteiger partial charge in [-0.05, 0) is 49.7 Å². The van der Waals surface area contributed by atoms with Crippen LogP contribution < -0.4 is 5.32 Å². The molecule has 5 nitrogen and oxygen atoms in total. The number of anilines is 1. The number of carbonyl (C=O) groups excluding carboxylic acids is 1. The van der Waals surface area contributed by atoms with Crippen LogP contribution in [0.15, 0.2) is 18.2 Å². The van der Waals surface area contributed by atoms with Gasteiger partial charge in [-0.2, -0.15) is 0 Å². The first-order valence-corrected chi connectivity index (χ1v) is 9.06. The number of carbonyl (C=O) groups is 1. The third-order valence-corrected chi connectivity index (χ3v) is 5.36. The fraction of sp³-hybridized carbons (Fsp3) is 0.529. The lowest BCUT2D eigenvalue weighted by atomic mass is 10.2. The third kappa shape index (κ3) is 3.82. The van der Waals surface area contributed by atoms with Crippen LogP contribution in [0, 0.1) is 6.92 Å². The zero-order valence-corrected chi connectivity index (χ0v) is 15.3. The van der Waals surface area contributed by atoms with Crippen LogP contribution >= 0.6 is 23.8 Å². The Morgan fingerprint density at radius 1 is 1.29 bits per heavy atom. The molecule has 2 heterocycles. The smallest absolute Gasteiger partial charge is 0.251 e. The van der Waals surface area contributed by atoms with Crippen molar-refractivity contribution < 1.29 is 9.53 Å². The van der Waals surface area contributed by atoms with Crippen LogP contribution in [0.2, 0.25) is 5.02 Å². The molecule has 1 aromatic rings. The first-order valence-electron chi connectivity index (χ1n) is 8.27. The van der Waals surface area contributed by atoms with Crippen molar-refractivity contribution in [3.05, 3.63) is 28.8 Å². The molecule has 2 aliphatic heterocycles. The molecule has 0 aliphatic carbocycles. The largest absolute Gasteiger partial charge is 0.368 e. The fourth-order valence-corrected chi connectivity index (χ4v) is 3.51. The molecule has 2 fully saturated rings. The number of hydrogen-bond donors (Lipinski definition) is 1. The van der Waals surface area contributed by atoms with Crippen molar-refractivity contribution in [1.82, 2.24) is 9.80 Å². The lowest BCUT2D eigenvalue weighted by Crippen LogP contribution is -2.53. The van der Waals surface area contributed by atoms with Crippen LogP contribution in [0.25, 0.3) is 0 Å². The molecule has 1 atom stereocenters. The molecule has 24 heavy (non-hydrogen) atoms. The van der Waals surface area contributed by atoms with Gasteiger partial charge in [-0.3, -0.25) is 4.79 Å². The van der Waals surface area contributed by atoms with Crippen molar-refractivity contribution in [3.8, 4) is 0 Å². The van der Waals surface area contributed by atoms with Crippen molar-refractivity contribution in [2.45, 2.75) is 25.9 Å². The standard InChI is InChI=1S/C17H22ClN3O2S/c1-12-13(18)4-2-5-14(12)19-17(24)21-9-7-20(8-10-21)16(22)15-6-3-11-23-15/h2,4-5,15H,3,6-11H2,1H3,(H,19,24)/t15-/m1/s1. The molecule has 3 rings (SSSR count). The van der Waals surface area contributed by atoms with Crippen molar-refractivity contribution in [3.63, 3.8) is 0 Å². The van der Waals surface area contributed by atoms with Crippen LogP contribution in [-0.4, -0.2) is 59.7 Å². The number of piperazine rings is 1. The first kappa shape index (κ1) is 17.5. The van der Waals surface area contributed by atoms with Gasteiger partial charge in [0.05, 0.1) is 0 Å². The number of nitrogens with one attached hydrogen (secondary N) is 1. The zero-order valence-electron chi connectivity index (χ0n) is 13.8. The summed E-state index contributed by atoms with van der Waals surface area (Å²) in [5.74, 6) is 0.122. The predicted molar refractivity (Wildman–Crippen MR) is 99.5 cm³/mol. The van der Waals surface area contributed by atoms with E-state index in [0.29, 0.717) is 24.8 Å². The van der Waals surface area contributed by atoms with Gasteiger partial charge in [0.1, 0.15) is 6.10 Å². The van der Waals surface area contributed by atoms with Crippen molar-refractivity contribution in [1.29, 1.82) is 0 Å². The molecule has 1 N–H and O–H groups in total. The Balaban J connectivity index is 1.53. The van der Waals surface area contributed by atoms with E-state index in [9.17, 15) is 4.79 Å². The van der Waals surface area contributed by atoms with Gasteiger partial charge in [0.15, 0.2) is 5.11 Å². The van der Waals surface area contributed by atoms with Crippen molar-refractivity contribution in [2.75, 3.05) is 38.1 Å². The summed E-state index contributed by atoms with van der Waals surface area (Å²) in [4.78, 5) is 16.4. The van der Waals surface area contributed by atoms with Crippen LogP contribution in [0.1, 0.15) is 18.4 Å². The van der Waals surface area contributed by atoms with E-state index >= 15 is 0 Å². The van der Waals surface area contributed by atoms with E-state index in [1.54, 1.807) is 0 Å². The van der Waals surface area contributed by atoms with Crippen molar-refractivity contribution in [2.24, 2.45) is 0 Å². The van der Waals surface area contributed by atoms with E-state index in [0.717, 1.165) is 42.2 Å². The van der Waals surface area contributed by atoms with E-state index < -0.39 is 0 Å². The number of hydrogen-bond acceptors (Lipinski definition) is 3. The molecule has 1 aromatic carbocycles. The highest BCUT2D eigenvalue weighted by Crippen LogP contribution is 2.23. The summed E-state index contributed by atoms with van der Waals surface area (Å²) in [5, 5.41) is 4.65. The quantitative estimate of drug-likeness (QED) is 0.814. The summed E-state index contributed by atoms with van der Waals surface area (Å²) in [6.45, 7) is 5.47. The number of halogens is 1. The second kappa shape index (κ2) is 7.68. The molecule has 130 valence electrons. The van der Waals surface area contributed by atoms with Crippen LogP contribution in [0.4, 0.5) is 5.69 Å². The molecule has 0 aromatic heterocycles. The lowest BCUT2D eigenvalue weighted by Gasteiger charge is -2.37. The predicted octanol–water partition coefficient (Wildman–Crippen LogP) is 2.67. The Bertz CT molecular complexity index is 626. The SMILES string of the molecule is Cc1c(Cl)cccc1NC(=S)N1CCN(C(=O)[C@H]2CCCO2)CC1. The van der Waals surface area contributed by atoms with Gasteiger partial charge in [0.25, 0.3) is 5.91 Å². The second-order valence-electron chi connectivity index (χ2n) is 6.16. The minimum atomic E-state index is -0.240. The molecule has 1 amide bonds. The van der Waals surface area contributed by atoms with E-state index in [1.807, 2.05) is 30.0 Å². The average Bonchev–Trinajstić information content (AvgIpc) is 3.13. The van der Waals surface area contributed by atoms with Crippen LogP contribution in [0.3, 0.4) is 0 Å². The van der Waals surface area contributed by atoms with Crippen LogP contribution in [0.5, 0.6) is 0 Å². The van der Waals surface area contributed by atoms with Gasteiger partial charge < -0.3 is 19.9 Å². The molecule has 0 bridgehead atoms. The maximum atomic E-state index is 12.4. The molecule has 2 saturated heterocycles. The molecular weight excluding hydrogens is 346 g/mol. The molecule has 0 unspecified atom stereocenters. The summed E-state index contributed by atoms with van der Waals surface area (Å²) in [7, 11) is 0. The zero-order chi connectivity index (χ0) is 17.1. The summed E-state index contributed by atoms with van der Waals surface area (Å²) in [5.41, 5.74) is 1.90. The first-order chi connectivity index (χ1) is 11.6. The minimum Gasteiger partial charge on any atom is -0.368 e. The summed E-state index contributed by atoms with van der Waals surface area (Å²) >= 11 is 11.7. The lowest BCUT2D eigenvalue weighted by molar-refractivity contribution is -0.142. The van der Waals surface area contributed by atoms with Gasteiger partial charge in [0.2, 0.25) is 0 Å². The Labute approximate surface area is 152 Å². The molecule has 0 saturated carbocycles. The van der Waals surface area contributed by atoms with Gasteiger partial charge in [-0.15, -0.1) is 0 Å². The Morgan fingerprint density at radius 3 is 2.67 bits per heavy atom. The molecule has 0 spiro atoms. The normalized spacial score (nSPS) is 21.0. The third-order valence-electron chi connectivity index (χ3n) is 4.59. The summed E-state index contributed by atoms with van der Waals surface area (Å²) in [6.07, 6.45) is 1.58. The number of amides is 1. The summed E-state index contributed by atoms with van der Waals surface area (Å²) in [6, 6.07) is 5.73. The molecule has 2 aliphatic rings. The monoisotopic (exact) mass is 367 g/mol. The second-order valence-corrected chi connectivity index (χ2v) is 6.95. The molecule has 7 heteroatoms. The number of benzene rings is 1. The van der Waals surface area contributed by atoms with Crippen LogP contribution in [-0.2, 0) is 9.53 Å². The number of nitrogens with zero attached hydrogens (tertiary/aromatic N) is 2. The Morgan fingerprint density at radius 2 is 2.00 bits per heavy atom. The van der Waals surface area contributed by atoms with E-state index in [1.165, 1.54) is 0 Å². The highest BCUT2D eigenvalue weighted by atomic mass is 35.5. The van der Waals surface area contributed by atoms with E-state index in [2.05, 4.69) is 10.2 Å². The molecular formula is C17H22ClN3O2S. The minimum absolute atomic E-state index is 0.122. The maximum Gasteiger partial charge on any atom is 0.251 e. The highest BCUT2D eigenvalue weighted by Gasteiger charge is 2.30. The molecule has 0 radical (unpaired) electrons. The van der Waals surface area contributed by atoms with Gasteiger partial charge in [-0.25, -0.2) is 0 Å². The Kier molecular flexibility index (Phi) is 5.58. The van der Waals surface area contributed by atoms with E-state index in [-0.39, 0.29) is 12.0 Å². The number of thiocarbonyl (C=S) groups is 1. The number of rotatable bonds is 2. The van der Waals surface area contributed by atoms with E-state index in [4.69, 9.17) is 28.6 Å². The highest BCUT2D eigenvalue weighted by molar-refractivity contribution is 7.80. The average molecular weight is 368 g/mol. The summed E-state index contributed by atoms with van der Waals surface area (Å²) < 4.78 is 5.49. The van der Waals surface area contributed by atoms with Gasteiger partial charge in [-0.1, -0.05) is 17.7 Å². The Hall–Kier alpha value is -1.37. The van der Waals surface area contributed by atoms with Crippen molar-refractivity contribution >= 4 is 40.5 Å². The number of ether oxygens (including phenoxy) is 1. The maximum absolute atomic E-state index is 12.4.